The van der Waals surface area contributed by atoms with E-state index in [-0.39, 0.29) is 10.6 Å². The lowest BCUT2D eigenvalue weighted by molar-refractivity contribution is 0.102. The quantitative estimate of drug-likeness (QED) is 0.774. The van der Waals surface area contributed by atoms with Crippen LogP contribution in [0.4, 0.5) is 5.69 Å². The van der Waals surface area contributed by atoms with Crippen LogP contribution in [0.3, 0.4) is 0 Å². The minimum Gasteiger partial charge on any atom is -0.495 e. The lowest BCUT2D eigenvalue weighted by atomic mass is 10.2. The third kappa shape index (κ3) is 4.32. The second-order valence-electron chi connectivity index (χ2n) is 5.68. The minimum atomic E-state index is -3.74. The Morgan fingerprint density at radius 2 is 1.48 bits per heavy atom. The number of nitrogens with zero attached hydrogens (tertiary/aromatic N) is 1. The highest BCUT2D eigenvalue weighted by Gasteiger charge is 2.23. The van der Waals surface area contributed by atoms with Crippen LogP contribution in [-0.2, 0) is 10.0 Å². The number of methoxy groups -OCH3 is 3. The minimum absolute atomic E-state index is 0.0416. The summed E-state index contributed by atoms with van der Waals surface area (Å²) in [5, 5.41) is 2.68. The molecule has 2 aromatic carbocycles. The molecule has 0 saturated carbocycles. The molecule has 1 amide bonds. The van der Waals surface area contributed by atoms with Crippen molar-refractivity contribution in [1.29, 1.82) is 0 Å². The molecule has 0 bridgehead atoms. The summed E-state index contributed by atoms with van der Waals surface area (Å²) < 4.78 is 41.5. The number of ether oxygens (including phenoxy) is 3. The Morgan fingerprint density at radius 3 is 2.04 bits per heavy atom. The number of nitrogens with one attached hydrogen (secondary N) is 1. The third-order valence-corrected chi connectivity index (χ3v) is 5.66. The zero-order valence-corrected chi connectivity index (χ0v) is 16.6. The van der Waals surface area contributed by atoms with Gasteiger partial charge in [-0.1, -0.05) is 0 Å². The fourth-order valence-corrected chi connectivity index (χ4v) is 3.41. The van der Waals surface area contributed by atoms with Gasteiger partial charge in [0.2, 0.25) is 10.0 Å². The SMILES string of the molecule is COc1ccc(C(=O)Nc2ccc(OC)c(S(=O)(=O)N(C)C)c2)cc1OC. The maximum absolute atomic E-state index is 12.5. The summed E-state index contributed by atoms with van der Waals surface area (Å²) in [6.45, 7) is 0. The molecule has 27 heavy (non-hydrogen) atoms. The van der Waals surface area contributed by atoms with Crippen LogP contribution in [0.15, 0.2) is 41.3 Å². The first kappa shape index (κ1) is 20.5. The number of anilines is 1. The van der Waals surface area contributed by atoms with E-state index in [0.29, 0.717) is 22.7 Å². The number of sulfonamides is 1. The van der Waals surface area contributed by atoms with Gasteiger partial charge >= 0.3 is 0 Å². The smallest absolute Gasteiger partial charge is 0.255 e. The fourth-order valence-electron chi connectivity index (χ4n) is 2.33. The molecule has 0 fully saturated rings. The first-order valence-electron chi connectivity index (χ1n) is 7.88. The third-order valence-electron chi connectivity index (χ3n) is 3.83. The fraction of sp³-hybridized carbons (Fsp3) is 0.278. The van der Waals surface area contributed by atoms with Crippen molar-refractivity contribution in [2.75, 3.05) is 40.7 Å². The van der Waals surface area contributed by atoms with Gasteiger partial charge in [-0.15, -0.1) is 0 Å². The monoisotopic (exact) mass is 394 g/mol. The summed E-state index contributed by atoms with van der Waals surface area (Å²) in [6.07, 6.45) is 0. The highest BCUT2D eigenvalue weighted by Crippen LogP contribution is 2.30. The average Bonchev–Trinajstić information content (AvgIpc) is 2.67. The molecular formula is C18H22N2O6S. The summed E-state index contributed by atoms with van der Waals surface area (Å²) in [5.41, 5.74) is 0.650. The highest BCUT2D eigenvalue weighted by atomic mass is 32.2. The van der Waals surface area contributed by atoms with Gasteiger partial charge in [0.25, 0.3) is 5.91 Å². The summed E-state index contributed by atoms with van der Waals surface area (Å²) in [4.78, 5) is 12.5. The molecule has 0 aliphatic heterocycles. The summed E-state index contributed by atoms with van der Waals surface area (Å²) in [7, 11) is 3.45. The molecule has 0 atom stereocenters. The normalized spacial score (nSPS) is 11.2. The van der Waals surface area contributed by atoms with Crippen LogP contribution >= 0.6 is 0 Å². The van der Waals surface area contributed by atoms with E-state index in [4.69, 9.17) is 14.2 Å². The van der Waals surface area contributed by atoms with Crippen LogP contribution in [0.5, 0.6) is 17.2 Å². The van der Waals surface area contributed by atoms with Gasteiger partial charge in [0.15, 0.2) is 11.5 Å². The van der Waals surface area contributed by atoms with Gasteiger partial charge in [-0.05, 0) is 36.4 Å². The Bertz CT molecular complexity index is 941. The van der Waals surface area contributed by atoms with Gasteiger partial charge in [0, 0.05) is 25.3 Å². The van der Waals surface area contributed by atoms with E-state index in [9.17, 15) is 13.2 Å². The van der Waals surface area contributed by atoms with Crippen LogP contribution < -0.4 is 19.5 Å². The topological polar surface area (TPSA) is 94.2 Å². The van der Waals surface area contributed by atoms with E-state index in [1.165, 1.54) is 53.6 Å². The zero-order chi connectivity index (χ0) is 20.2. The van der Waals surface area contributed by atoms with E-state index >= 15 is 0 Å². The molecule has 146 valence electrons. The molecule has 1 N–H and O–H groups in total. The van der Waals surface area contributed by atoms with Gasteiger partial charge in [0.1, 0.15) is 10.6 Å². The van der Waals surface area contributed by atoms with E-state index in [0.717, 1.165) is 4.31 Å². The predicted octanol–water partition coefficient (Wildman–Crippen LogP) is 2.21. The van der Waals surface area contributed by atoms with Crippen molar-refractivity contribution in [3.05, 3.63) is 42.0 Å². The number of hydrogen-bond acceptors (Lipinski definition) is 6. The molecule has 0 spiro atoms. The Hall–Kier alpha value is -2.78. The summed E-state index contributed by atoms with van der Waals surface area (Å²) in [6, 6.07) is 9.14. The molecule has 0 radical (unpaired) electrons. The average molecular weight is 394 g/mol. The number of carbonyl (C=O) groups excluding carboxylic acids is 1. The van der Waals surface area contributed by atoms with E-state index in [1.54, 1.807) is 18.2 Å². The van der Waals surface area contributed by atoms with Crippen molar-refractivity contribution >= 4 is 21.6 Å². The number of amides is 1. The van der Waals surface area contributed by atoms with Gasteiger partial charge in [-0.3, -0.25) is 4.79 Å². The predicted molar refractivity (Wildman–Crippen MR) is 101 cm³/mol. The Balaban J connectivity index is 2.36. The number of carbonyl (C=O) groups is 1. The lowest BCUT2D eigenvalue weighted by Gasteiger charge is -2.16. The Morgan fingerprint density at radius 1 is 0.889 bits per heavy atom. The number of rotatable bonds is 7. The molecule has 0 heterocycles. The molecule has 0 aromatic heterocycles. The summed E-state index contributed by atoms with van der Waals surface area (Å²) in [5.74, 6) is 0.677. The molecule has 9 heteroatoms. The van der Waals surface area contributed by atoms with Crippen molar-refractivity contribution in [3.8, 4) is 17.2 Å². The van der Waals surface area contributed by atoms with Gasteiger partial charge in [-0.2, -0.15) is 0 Å². The van der Waals surface area contributed by atoms with Crippen molar-refractivity contribution < 1.29 is 27.4 Å². The van der Waals surface area contributed by atoms with Crippen LogP contribution in [-0.4, -0.2) is 54.1 Å². The number of hydrogen-bond donors (Lipinski definition) is 1. The molecule has 0 aliphatic rings. The van der Waals surface area contributed by atoms with E-state index < -0.39 is 15.9 Å². The first-order chi connectivity index (χ1) is 12.7. The van der Waals surface area contributed by atoms with Crippen molar-refractivity contribution in [3.63, 3.8) is 0 Å². The Labute approximate surface area is 158 Å². The lowest BCUT2D eigenvalue weighted by Crippen LogP contribution is -2.23. The van der Waals surface area contributed by atoms with E-state index in [1.807, 2.05) is 0 Å². The van der Waals surface area contributed by atoms with Crippen LogP contribution in [0.2, 0.25) is 0 Å². The second-order valence-corrected chi connectivity index (χ2v) is 7.80. The molecule has 2 aromatic rings. The molecule has 2 rings (SSSR count). The standard InChI is InChI=1S/C18H22N2O6S/c1-20(2)27(22,23)17-11-13(7-9-15(17)25-4)19-18(21)12-6-8-14(24-3)16(10-12)26-5/h6-11H,1-5H3,(H,19,21). The van der Waals surface area contributed by atoms with Crippen LogP contribution in [0, 0.1) is 0 Å². The Kier molecular flexibility index (Phi) is 6.29. The molecule has 8 nitrogen and oxygen atoms in total. The van der Waals surface area contributed by atoms with Crippen LogP contribution in [0.25, 0.3) is 0 Å². The largest absolute Gasteiger partial charge is 0.495 e. The number of benzene rings is 2. The second kappa shape index (κ2) is 8.28. The molecule has 0 aliphatic carbocycles. The maximum Gasteiger partial charge on any atom is 0.255 e. The van der Waals surface area contributed by atoms with Gasteiger partial charge in [-0.25, -0.2) is 12.7 Å². The van der Waals surface area contributed by atoms with Crippen molar-refractivity contribution in [2.24, 2.45) is 0 Å². The zero-order valence-electron chi connectivity index (χ0n) is 15.8. The van der Waals surface area contributed by atoms with Crippen LogP contribution in [0.1, 0.15) is 10.4 Å². The van der Waals surface area contributed by atoms with E-state index in [2.05, 4.69) is 5.32 Å². The first-order valence-corrected chi connectivity index (χ1v) is 9.32. The van der Waals surface area contributed by atoms with Gasteiger partial charge < -0.3 is 19.5 Å². The highest BCUT2D eigenvalue weighted by molar-refractivity contribution is 7.89. The molecular weight excluding hydrogens is 372 g/mol. The molecule has 0 saturated heterocycles. The molecule has 0 unspecified atom stereocenters. The van der Waals surface area contributed by atoms with Crippen molar-refractivity contribution in [2.45, 2.75) is 4.90 Å². The van der Waals surface area contributed by atoms with Gasteiger partial charge in [0.05, 0.1) is 21.3 Å². The summed E-state index contributed by atoms with van der Waals surface area (Å²) >= 11 is 0. The maximum atomic E-state index is 12.5. The van der Waals surface area contributed by atoms with Crippen molar-refractivity contribution in [1.82, 2.24) is 4.31 Å².